The number of hydrogen-bond acceptors (Lipinski definition) is 7. The van der Waals surface area contributed by atoms with Crippen LogP contribution in [-0.4, -0.2) is 46.5 Å². The number of aromatic nitrogens is 2. The van der Waals surface area contributed by atoms with Gasteiger partial charge in [0.2, 0.25) is 0 Å². The lowest BCUT2D eigenvalue weighted by molar-refractivity contribution is 0.0923. The molecule has 0 aliphatic carbocycles. The largest absolute Gasteiger partial charge is 0.486 e. The van der Waals surface area contributed by atoms with Gasteiger partial charge in [0.25, 0.3) is 0 Å². The van der Waals surface area contributed by atoms with Gasteiger partial charge in [0.05, 0.1) is 23.5 Å². The Kier molecular flexibility index (Phi) is 6.52. The highest BCUT2D eigenvalue weighted by molar-refractivity contribution is 7.92. The minimum atomic E-state index is -2.29. The summed E-state index contributed by atoms with van der Waals surface area (Å²) in [5, 5.41) is 4.02. The molecule has 0 aliphatic rings. The summed E-state index contributed by atoms with van der Waals surface area (Å²) in [6.45, 7) is 4.12. The number of methoxy groups -OCH3 is 1. The fraction of sp³-hybridized carbons (Fsp3) is 0.333. The van der Waals surface area contributed by atoms with E-state index in [-0.39, 0.29) is 6.10 Å². The van der Waals surface area contributed by atoms with E-state index >= 15 is 0 Å². The zero-order chi connectivity index (χ0) is 21.9. The number of aryl methyl sites for hydroxylation is 1. The van der Waals surface area contributed by atoms with Crippen molar-refractivity contribution in [2.75, 3.05) is 31.5 Å². The summed E-state index contributed by atoms with van der Waals surface area (Å²) in [5.41, 5.74) is 2.69. The van der Waals surface area contributed by atoms with Crippen molar-refractivity contribution in [3.63, 3.8) is 0 Å². The predicted molar refractivity (Wildman–Crippen MR) is 118 cm³/mol. The van der Waals surface area contributed by atoms with E-state index in [9.17, 15) is 8.60 Å². The van der Waals surface area contributed by atoms with Crippen molar-refractivity contribution < 1.29 is 18.1 Å². The van der Waals surface area contributed by atoms with Gasteiger partial charge in [0, 0.05) is 40.8 Å². The van der Waals surface area contributed by atoms with E-state index in [1.165, 1.54) is 18.5 Å². The Morgan fingerprint density at radius 2 is 2.00 bits per heavy atom. The van der Waals surface area contributed by atoms with Crippen LogP contribution in [0.5, 0.6) is 5.75 Å². The molecule has 0 saturated heterocycles. The van der Waals surface area contributed by atoms with Gasteiger partial charge >= 0.3 is 0 Å². The zero-order valence-electron chi connectivity index (χ0n) is 17.6. The summed E-state index contributed by atoms with van der Waals surface area (Å²) in [6, 6.07) is 7.88. The Labute approximate surface area is 175 Å². The molecule has 160 valence electrons. The molecular formula is C21H25FN4O3S. The number of nitrogens with one attached hydrogen (secondary N) is 1. The summed E-state index contributed by atoms with van der Waals surface area (Å²) in [5.74, 6) is 0.499. The SMILES string of the molecule is COCC(C)Oc1cc(F)ccc1Nc1ncnc2cc(N=S(C)(C)=O)cc(C)c12. The number of benzene rings is 2. The van der Waals surface area contributed by atoms with E-state index in [1.807, 2.05) is 19.9 Å². The van der Waals surface area contributed by atoms with Gasteiger partial charge in [-0.1, -0.05) is 0 Å². The summed E-state index contributed by atoms with van der Waals surface area (Å²) in [4.78, 5) is 8.70. The van der Waals surface area contributed by atoms with Crippen LogP contribution in [0.3, 0.4) is 0 Å². The summed E-state index contributed by atoms with van der Waals surface area (Å²) in [7, 11) is -0.714. The maximum Gasteiger partial charge on any atom is 0.146 e. The monoisotopic (exact) mass is 432 g/mol. The van der Waals surface area contributed by atoms with E-state index in [2.05, 4.69) is 19.6 Å². The van der Waals surface area contributed by atoms with Crippen molar-refractivity contribution >= 4 is 37.8 Å². The van der Waals surface area contributed by atoms with E-state index in [1.54, 1.807) is 31.8 Å². The second-order valence-corrected chi connectivity index (χ2v) is 9.85. The van der Waals surface area contributed by atoms with Crippen molar-refractivity contribution in [1.29, 1.82) is 0 Å². The van der Waals surface area contributed by atoms with Crippen molar-refractivity contribution in [3.05, 3.63) is 48.0 Å². The van der Waals surface area contributed by atoms with Crippen LogP contribution in [0.25, 0.3) is 10.9 Å². The van der Waals surface area contributed by atoms with E-state index in [4.69, 9.17) is 9.47 Å². The Balaban J connectivity index is 2.04. The highest BCUT2D eigenvalue weighted by Crippen LogP contribution is 2.34. The molecule has 1 aromatic heterocycles. The fourth-order valence-corrected chi connectivity index (χ4v) is 3.70. The standard InChI is InChI=1S/C21H25FN4O3S/c1-13-8-16(26-30(4,5)27)10-18-20(13)21(24-12-23-18)25-17-7-6-15(22)9-19(17)29-14(2)11-28-3/h6-10,12,14H,11H2,1-5H3,(H,23,24,25). The first-order chi connectivity index (χ1) is 14.2. The van der Waals surface area contributed by atoms with E-state index < -0.39 is 15.5 Å². The van der Waals surface area contributed by atoms with Gasteiger partial charge in [-0.15, -0.1) is 0 Å². The number of fused-ring (bicyclic) bond motifs is 1. The van der Waals surface area contributed by atoms with Gasteiger partial charge in [0.1, 0.15) is 29.8 Å². The fourth-order valence-electron chi connectivity index (χ4n) is 3.08. The van der Waals surface area contributed by atoms with E-state index in [0.717, 1.165) is 10.9 Å². The van der Waals surface area contributed by atoms with Crippen LogP contribution in [0.2, 0.25) is 0 Å². The first-order valence-corrected chi connectivity index (χ1v) is 11.6. The van der Waals surface area contributed by atoms with Crippen LogP contribution in [0, 0.1) is 12.7 Å². The molecule has 0 radical (unpaired) electrons. The lowest BCUT2D eigenvalue weighted by atomic mass is 10.1. The quantitative estimate of drug-likeness (QED) is 0.588. The molecule has 2 aromatic carbocycles. The van der Waals surface area contributed by atoms with Gasteiger partial charge in [-0.2, -0.15) is 4.36 Å². The first-order valence-electron chi connectivity index (χ1n) is 9.31. The minimum Gasteiger partial charge on any atom is -0.486 e. The molecule has 0 saturated carbocycles. The average Bonchev–Trinajstić information content (AvgIpc) is 2.62. The molecule has 7 nitrogen and oxygen atoms in total. The topological polar surface area (TPSA) is 85.7 Å². The second kappa shape index (κ2) is 8.93. The molecule has 1 N–H and O–H groups in total. The predicted octanol–water partition coefficient (Wildman–Crippen LogP) is 4.59. The van der Waals surface area contributed by atoms with Crippen molar-refractivity contribution in [3.8, 4) is 5.75 Å². The normalized spacial score (nSPS) is 12.6. The molecule has 0 fully saturated rings. The number of anilines is 2. The Hall–Kier alpha value is -2.78. The van der Waals surface area contributed by atoms with Crippen LogP contribution in [0.15, 0.2) is 41.0 Å². The summed E-state index contributed by atoms with van der Waals surface area (Å²) >= 11 is 0. The zero-order valence-corrected chi connectivity index (χ0v) is 18.4. The maximum atomic E-state index is 13.8. The summed E-state index contributed by atoms with van der Waals surface area (Å²) in [6.07, 6.45) is 4.34. The lowest BCUT2D eigenvalue weighted by Gasteiger charge is -2.18. The highest BCUT2D eigenvalue weighted by Gasteiger charge is 2.14. The van der Waals surface area contributed by atoms with Gasteiger partial charge < -0.3 is 14.8 Å². The van der Waals surface area contributed by atoms with Crippen molar-refractivity contribution in [2.45, 2.75) is 20.0 Å². The van der Waals surface area contributed by atoms with Crippen LogP contribution in [0.1, 0.15) is 12.5 Å². The van der Waals surface area contributed by atoms with Crippen LogP contribution >= 0.6 is 0 Å². The molecule has 1 unspecified atom stereocenters. The number of halogens is 1. The van der Waals surface area contributed by atoms with Gasteiger partial charge in [-0.3, -0.25) is 0 Å². The van der Waals surface area contributed by atoms with Crippen LogP contribution < -0.4 is 10.1 Å². The molecule has 0 amide bonds. The smallest absolute Gasteiger partial charge is 0.146 e. The Morgan fingerprint density at radius 1 is 1.23 bits per heavy atom. The van der Waals surface area contributed by atoms with E-state index in [0.29, 0.717) is 35.1 Å². The molecule has 30 heavy (non-hydrogen) atoms. The van der Waals surface area contributed by atoms with Crippen molar-refractivity contribution in [2.24, 2.45) is 4.36 Å². The maximum absolute atomic E-state index is 13.8. The third-order valence-corrected chi connectivity index (χ3v) is 4.82. The molecule has 1 heterocycles. The molecule has 3 rings (SSSR count). The first kappa shape index (κ1) is 21.9. The third-order valence-electron chi connectivity index (χ3n) is 4.17. The van der Waals surface area contributed by atoms with Gasteiger partial charge in [-0.05, 0) is 43.7 Å². The number of hydrogen-bond donors (Lipinski definition) is 1. The molecule has 1 atom stereocenters. The molecule has 3 aromatic rings. The molecule has 9 heteroatoms. The molecule has 0 bridgehead atoms. The lowest BCUT2D eigenvalue weighted by Crippen LogP contribution is -2.18. The minimum absolute atomic E-state index is 0.261. The highest BCUT2D eigenvalue weighted by atomic mass is 32.2. The molecular weight excluding hydrogens is 407 g/mol. The summed E-state index contributed by atoms with van der Waals surface area (Å²) < 4.78 is 41.1. The molecule has 0 aliphatic heterocycles. The number of nitrogens with zero attached hydrogens (tertiary/aromatic N) is 3. The third kappa shape index (κ3) is 5.43. The number of ether oxygens (including phenoxy) is 2. The Morgan fingerprint density at radius 3 is 2.70 bits per heavy atom. The van der Waals surface area contributed by atoms with Crippen molar-refractivity contribution in [1.82, 2.24) is 9.97 Å². The molecule has 0 spiro atoms. The van der Waals surface area contributed by atoms with Gasteiger partial charge in [-0.25, -0.2) is 18.6 Å². The van der Waals surface area contributed by atoms with Crippen LogP contribution in [0.4, 0.5) is 21.6 Å². The van der Waals surface area contributed by atoms with Gasteiger partial charge in [0.15, 0.2) is 0 Å². The second-order valence-electron chi connectivity index (χ2n) is 7.30. The Bertz CT molecular complexity index is 1180. The van der Waals surface area contributed by atoms with Crippen LogP contribution in [-0.2, 0) is 14.5 Å². The average molecular weight is 433 g/mol. The number of rotatable bonds is 7.